The maximum absolute atomic E-state index is 9.60. The molecule has 1 rings (SSSR count). The predicted octanol–water partition coefficient (Wildman–Crippen LogP) is 2.73. The van der Waals surface area contributed by atoms with Gasteiger partial charge in [0.2, 0.25) is 0 Å². The summed E-state index contributed by atoms with van der Waals surface area (Å²) < 4.78 is 0. The van der Waals surface area contributed by atoms with E-state index in [1.165, 1.54) is 19.3 Å². The van der Waals surface area contributed by atoms with Crippen LogP contribution < -0.4 is 0 Å². The Hall–Kier alpha value is -0.0400. The van der Waals surface area contributed by atoms with Crippen LogP contribution >= 0.6 is 0 Å². The zero-order valence-electron chi connectivity index (χ0n) is 7.77. The van der Waals surface area contributed by atoms with E-state index < -0.39 is 0 Å². The van der Waals surface area contributed by atoms with Gasteiger partial charge >= 0.3 is 0 Å². The quantitative estimate of drug-likeness (QED) is 0.649. The summed E-state index contributed by atoms with van der Waals surface area (Å²) in [4.78, 5) is 0. The van der Waals surface area contributed by atoms with Crippen LogP contribution in [0.2, 0.25) is 0 Å². The highest BCUT2D eigenvalue weighted by Gasteiger charge is 2.40. The molecule has 1 aliphatic rings. The van der Waals surface area contributed by atoms with E-state index in [-0.39, 0.29) is 5.60 Å². The predicted molar refractivity (Wildman–Crippen MR) is 47.5 cm³/mol. The van der Waals surface area contributed by atoms with E-state index in [0.29, 0.717) is 0 Å². The van der Waals surface area contributed by atoms with E-state index in [1.54, 1.807) is 0 Å². The highest BCUT2D eigenvalue weighted by molar-refractivity contribution is 4.94. The summed E-state index contributed by atoms with van der Waals surface area (Å²) >= 11 is 0. The minimum Gasteiger partial charge on any atom is -0.390 e. The number of aliphatic hydroxyl groups is 1. The van der Waals surface area contributed by atoms with Gasteiger partial charge in [-0.25, -0.2) is 0 Å². The highest BCUT2D eigenvalue weighted by Crippen LogP contribution is 2.41. The molecule has 0 amide bonds. The van der Waals surface area contributed by atoms with Crippen LogP contribution in [0.1, 0.15) is 52.4 Å². The smallest absolute Gasteiger partial charge is 0.0652 e. The Labute approximate surface area is 69.8 Å². The minimum atomic E-state index is -0.229. The summed E-state index contributed by atoms with van der Waals surface area (Å²) in [6.45, 7) is 4.48. The molecule has 0 saturated heterocycles. The summed E-state index contributed by atoms with van der Waals surface area (Å²) in [6, 6.07) is 0. The molecule has 0 radical (unpaired) electrons. The standard InChI is InChI=1S/C10H20O/c1-3-4-5-9(2)8-10(11)6-7-10/h9,11H,3-8H2,1-2H3. The largest absolute Gasteiger partial charge is 0.390 e. The third-order valence-corrected chi connectivity index (χ3v) is 2.61. The molecule has 1 nitrogen and oxygen atoms in total. The van der Waals surface area contributed by atoms with Crippen molar-refractivity contribution in [2.24, 2.45) is 5.92 Å². The lowest BCUT2D eigenvalue weighted by atomic mass is 9.96. The molecule has 0 aromatic rings. The van der Waals surface area contributed by atoms with E-state index in [2.05, 4.69) is 13.8 Å². The highest BCUT2D eigenvalue weighted by atomic mass is 16.3. The summed E-state index contributed by atoms with van der Waals surface area (Å²) in [5, 5.41) is 9.60. The average Bonchev–Trinajstić information content (AvgIpc) is 2.63. The number of hydrogen-bond donors (Lipinski definition) is 1. The van der Waals surface area contributed by atoms with E-state index in [1.807, 2.05) is 0 Å². The Bertz CT molecular complexity index is 116. The first-order valence-electron chi connectivity index (χ1n) is 4.89. The molecule has 1 saturated carbocycles. The van der Waals surface area contributed by atoms with Crippen molar-refractivity contribution in [3.63, 3.8) is 0 Å². The van der Waals surface area contributed by atoms with Crippen LogP contribution in [0.5, 0.6) is 0 Å². The van der Waals surface area contributed by atoms with Crippen LogP contribution in [0.15, 0.2) is 0 Å². The third-order valence-electron chi connectivity index (χ3n) is 2.61. The molecule has 1 heteroatoms. The number of unbranched alkanes of at least 4 members (excludes halogenated alkanes) is 1. The topological polar surface area (TPSA) is 20.2 Å². The lowest BCUT2D eigenvalue weighted by Crippen LogP contribution is -2.12. The van der Waals surface area contributed by atoms with E-state index in [0.717, 1.165) is 25.2 Å². The monoisotopic (exact) mass is 156 g/mol. The second kappa shape index (κ2) is 3.57. The molecule has 0 aliphatic heterocycles. The summed E-state index contributed by atoms with van der Waals surface area (Å²) in [5.41, 5.74) is -0.229. The van der Waals surface area contributed by atoms with Crippen LogP contribution in [-0.2, 0) is 0 Å². The maximum atomic E-state index is 9.60. The van der Waals surface area contributed by atoms with Crippen molar-refractivity contribution in [2.45, 2.75) is 58.0 Å². The first kappa shape index (κ1) is 9.05. The molecule has 0 heterocycles. The minimum absolute atomic E-state index is 0.229. The van der Waals surface area contributed by atoms with E-state index >= 15 is 0 Å². The van der Waals surface area contributed by atoms with Crippen LogP contribution in [0.3, 0.4) is 0 Å². The SMILES string of the molecule is CCCCC(C)CC1(O)CC1. The van der Waals surface area contributed by atoms with Crippen LogP contribution in [-0.4, -0.2) is 10.7 Å². The second-order valence-electron chi connectivity index (χ2n) is 4.18. The Morgan fingerprint density at radius 1 is 1.45 bits per heavy atom. The van der Waals surface area contributed by atoms with Crippen LogP contribution in [0.4, 0.5) is 0 Å². The van der Waals surface area contributed by atoms with Gasteiger partial charge in [0.15, 0.2) is 0 Å². The summed E-state index contributed by atoms with van der Waals surface area (Å²) in [7, 11) is 0. The molecule has 0 spiro atoms. The van der Waals surface area contributed by atoms with E-state index in [9.17, 15) is 5.11 Å². The molecule has 0 aromatic carbocycles. The zero-order valence-corrected chi connectivity index (χ0v) is 7.77. The van der Waals surface area contributed by atoms with Crippen molar-refractivity contribution in [2.75, 3.05) is 0 Å². The number of hydrogen-bond acceptors (Lipinski definition) is 1. The van der Waals surface area contributed by atoms with Gasteiger partial charge in [0.25, 0.3) is 0 Å². The van der Waals surface area contributed by atoms with Crippen LogP contribution in [0.25, 0.3) is 0 Å². The van der Waals surface area contributed by atoms with Gasteiger partial charge in [0.1, 0.15) is 0 Å². The van der Waals surface area contributed by atoms with Crippen molar-refractivity contribution in [1.29, 1.82) is 0 Å². The van der Waals surface area contributed by atoms with Gasteiger partial charge in [-0.15, -0.1) is 0 Å². The second-order valence-corrected chi connectivity index (χ2v) is 4.18. The van der Waals surface area contributed by atoms with Gasteiger partial charge in [-0.2, -0.15) is 0 Å². The molecule has 0 bridgehead atoms. The van der Waals surface area contributed by atoms with Gasteiger partial charge in [-0.3, -0.25) is 0 Å². The first-order valence-corrected chi connectivity index (χ1v) is 4.89. The van der Waals surface area contributed by atoms with Crippen molar-refractivity contribution < 1.29 is 5.11 Å². The van der Waals surface area contributed by atoms with Gasteiger partial charge in [-0.05, 0) is 25.2 Å². The molecule has 1 aliphatic carbocycles. The fourth-order valence-corrected chi connectivity index (χ4v) is 1.65. The summed E-state index contributed by atoms with van der Waals surface area (Å²) in [5.74, 6) is 0.724. The summed E-state index contributed by atoms with van der Waals surface area (Å²) in [6.07, 6.45) is 7.01. The third kappa shape index (κ3) is 3.24. The average molecular weight is 156 g/mol. The first-order chi connectivity index (χ1) is 5.16. The molecule has 11 heavy (non-hydrogen) atoms. The van der Waals surface area contributed by atoms with E-state index in [4.69, 9.17) is 0 Å². The molecular formula is C10H20O. The van der Waals surface area contributed by atoms with Crippen molar-refractivity contribution in [3.8, 4) is 0 Å². The Balaban J connectivity index is 2.05. The molecular weight excluding hydrogens is 136 g/mol. The molecule has 1 unspecified atom stereocenters. The lowest BCUT2D eigenvalue weighted by molar-refractivity contribution is 0.119. The van der Waals surface area contributed by atoms with Gasteiger partial charge in [-0.1, -0.05) is 33.1 Å². The Morgan fingerprint density at radius 2 is 2.09 bits per heavy atom. The molecule has 0 aromatic heterocycles. The lowest BCUT2D eigenvalue weighted by Gasteiger charge is -2.14. The fraction of sp³-hybridized carbons (Fsp3) is 1.00. The zero-order chi connectivity index (χ0) is 8.32. The Kier molecular flexibility index (Phi) is 2.94. The molecule has 1 atom stereocenters. The van der Waals surface area contributed by atoms with Gasteiger partial charge < -0.3 is 5.11 Å². The maximum Gasteiger partial charge on any atom is 0.0652 e. The van der Waals surface area contributed by atoms with Crippen molar-refractivity contribution >= 4 is 0 Å². The van der Waals surface area contributed by atoms with Gasteiger partial charge in [0.05, 0.1) is 5.60 Å². The molecule has 66 valence electrons. The molecule has 1 fully saturated rings. The van der Waals surface area contributed by atoms with Crippen LogP contribution in [0, 0.1) is 5.92 Å². The van der Waals surface area contributed by atoms with Gasteiger partial charge in [0, 0.05) is 0 Å². The number of rotatable bonds is 5. The Morgan fingerprint density at radius 3 is 2.55 bits per heavy atom. The molecule has 1 N–H and O–H groups in total. The van der Waals surface area contributed by atoms with Crippen molar-refractivity contribution in [1.82, 2.24) is 0 Å². The fourth-order valence-electron chi connectivity index (χ4n) is 1.65. The van der Waals surface area contributed by atoms with Crippen molar-refractivity contribution in [3.05, 3.63) is 0 Å². The normalized spacial score (nSPS) is 23.2.